The zero-order valence-electron chi connectivity index (χ0n) is 15.4. The Morgan fingerprint density at radius 2 is 1.96 bits per heavy atom. The van der Waals surface area contributed by atoms with Crippen molar-refractivity contribution in [3.8, 4) is 0 Å². The topological polar surface area (TPSA) is 63.2 Å². The first kappa shape index (κ1) is 17.6. The van der Waals surface area contributed by atoms with E-state index in [4.69, 9.17) is 4.98 Å². The number of fused-ring (bicyclic) bond motifs is 2. The van der Waals surface area contributed by atoms with E-state index in [0.717, 1.165) is 43.9 Å². The average molecular weight is 372 g/mol. The molecule has 26 heavy (non-hydrogen) atoms. The van der Waals surface area contributed by atoms with Gasteiger partial charge in [0.1, 0.15) is 5.82 Å². The molecule has 5 nitrogen and oxygen atoms in total. The fourth-order valence-electron chi connectivity index (χ4n) is 4.49. The van der Waals surface area contributed by atoms with Crippen LogP contribution in [0.2, 0.25) is 0 Å². The van der Waals surface area contributed by atoms with Crippen LogP contribution in [-0.4, -0.2) is 42.6 Å². The molecule has 1 unspecified atom stereocenters. The van der Waals surface area contributed by atoms with Gasteiger partial charge in [-0.15, -0.1) is 0 Å². The van der Waals surface area contributed by atoms with Crippen LogP contribution in [0.5, 0.6) is 0 Å². The first-order chi connectivity index (χ1) is 12.4. The van der Waals surface area contributed by atoms with E-state index in [-0.39, 0.29) is 5.41 Å². The third-order valence-corrected chi connectivity index (χ3v) is 6.90. The maximum Gasteiger partial charge on any atom is 0.175 e. The molecule has 1 spiro atoms. The first-order valence-electron chi connectivity index (χ1n) is 9.20. The van der Waals surface area contributed by atoms with Gasteiger partial charge < -0.3 is 0 Å². The second kappa shape index (κ2) is 6.43. The predicted octanol–water partition coefficient (Wildman–Crippen LogP) is 2.67. The number of aryl methyl sites for hydroxylation is 2. The molecule has 4 rings (SSSR count). The number of hydrogen-bond donors (Lipinski definition) is 0. The van der Waals surface area contributed by atoms with E-state index >= 15 is 0 Å². The Bertz CT molecular complexity index is 921. The maximum absolute atomic E-state index is 11.6. The van der Waals surface area contributed by atoms with E-state index in [9.17, 15) is 8.42 Å². The Balaban J connectivity index is 1.53. The van der Waals surface area contributed by atoms with E-state index in [2.05, 4.69) is 9.88 Å². The van der Waals surface area contributed by atoms with Crippen molar-refractivity contribution in [2.24, 2.45) is 0 Å². The van der Waals surface area contributed by atoms with Crippen molar-refractivity contribution in [2.75, 3.05) is 19.3 Å². The van der Waals surface area contributed by atoms with Gasteiger partial charge in [-0.25, -0.2) is 18.4 Å². The molecule has 1 aromatic heterocycles. The van der Waals surface area contributed by atoms with Crippen molar-refractivity contribution >= 4 is 9.84 Å². The standard InChI is InChI=1S/C20H25N3O2S/c1-15-21-12-17-8-10-20(19(17)22-15)9-3-11-23(14-20)13-16-4-6-18(7-5-16)26(2,24)25/h4-7,12H,3,8-11,13-14H2,1-2H3. The molecule has 2 heterocycles. The molecule has 0 amide bonds. The molecule has 2 aromatic rings. The third-order valence-electron chi connectivity index (χ3n) is 5.77. The Morgan fingerprint density at radius 1 is 1.19 bits per heavy atom. The van der Waals surface area contributed by atoms with E-state index in [0.29, 0.717) is 4.90 Å². The normalized spacial score (nSPS) is 23.3. The summed E-state index contributed by atoms with van der Waals surface area (Å²) in [4.78, 5) is 12.1. The van der Waals surface area contributed by atoms with E-state index in [1.165, 1.54) is 30.4 Å². The minimum atomic E-state index is -3.14. The quantitative estimate of drug-likeness (QED) is 0.830. The van der Waals surface area contributed by atoms with Crippen LogP contribution in [0.4, 0.5) is 0 Å². The van der Waals surface area contributed by atoms with Gasteiger partial charge in [0.2, 0.25) is 0 Å². The highest BCUT2D eigenvalue weighted by atomic mass is 32.2. The largest absolute Gasteiger partial charge is 0.298 e. The lowest BCUT2D eigenvalue weighted by Crippen LogP contribution is -2.45. The molecular weight excluding hydrogens is 346 g/mol. The SMILES string of the molecule is Cc1ncc2c(n1)C1(CCCN(Cc3ccc(S(C)(=O)=O)cc3)C1)CC2. The zero-order chi connectivity index (χ0) is 18.4. The molecule has 0 N–H and O–H groups in total. The number of sulfone groups is 1. The van der Waals surface area contributed by atoms with Gasteiger partial charge in [0.05, 0.1) is 10.6 Å². The second-order valence-electron chi connectivity index (χ2n) is 7.80. The monoisotopic (exact) mass is 371 g/mol. The molecule has 2 aliphatic rings. The number of rotatable bonds is 3. The van der Waals surface area contributed by atoms with Gasteiger partial charge in [0.15, 0.2) is 9.84 Å². The van der Waals surface area contributed by atoms with Gasteiger partial charge in [0, 0.05) is 31.0 Å². The summed E-state index contributed by atoms with van der Waals surface area (Å²) in [6.07, 6.45) is 7.85. The molecular formula is C20H25N3O2S. The van der Waals surface area contributed by atoms with Crippen molar-refractivity contribution < 1.29 is 8.42 Å². The highest BCUT2D eigenvalue weighted by Crippen LogP contribution is 2.44. The number of likely N-dealkylation sites (tertiary alicyclic amines) is 1. The second-order valence-corrected chi connectivity index (χ2v) is 9.82. The highest BCUT2D eigenvalue weighted by Gasteiger charge is 2.43. The lowest BCUT2D eigenvalue weighted by Gasteiger charge is -2.40. The minimum absolute atomic E-state index is 0.161. The van der Waals surface area contributed by atoms with Crippen LogP contribution < -0.4 is 0 Å². The summed E-state index contributed by atoms with van der Waals surface area (Å²) in [6, 6.07) is 7.30. The molecule has 1 saturated heterocycles. The van der Waals surface area contributed by atoms with Crippen LogP contribution in [-0.2, 0) is 28.2 Å². The van der Waals surface area contributed by atoms with Gasteiger partial charge in [-0.2, -0.15) is 0 Å². The summed E-state index contributed by atoms with van der Waals surface area (Å²) in [5, 5.41) is 0. The summed E-state index contributed by atoms with van der Waals surface area (Å²) in [6.45, 7) is 4.92. The van der Waals surface area contributed by atoms with Gasteiger partial charge >= 0.3 is 0 Å². The van der Waals surface area contributed by atoms with E-state index in [1.54, 1.807) is 12.1 Å². The Kier molecular flexibility index (Phi) is 4.35. The van der Waals surface area contributed by atoms with Crippen LogP contribution in [0.25, 0.3) is 0 Å². The Labute approximate surface area is 155 Å². The van der Waals surface area contributed by atoms with Crippen LogP contribution in [0.15, 0.2) is 35.4 Å². The van der Waals surface area contributed by atoms with Crippen LogP contribution in [0, 0.1) is 6.92 Å². The fraction of sp³-hybridized carbons (Fsp3) is 0.500. The molecule has 1 atom stereocenters. The molecule has 1 aliphatic heterocycles. The summed E-state index contributed by atoms with van der Waals surface area (Å²) in [5.74, 6) is 0.860. The molecule has 1 aliphatic carbocycles. The van der Waals surface area contributed by atoms with Gasteiger partial charge in [-0.3, -0.25) is 4.90 Å². The summed E-state index contributed by atoms with van der Waals surface area (Å²) in [5.41, 5.74) is 3.90. The lowest BCUT2D eigenvalue weighted by molar-refractivity contribution is 0.136. The van der Waals surface area contributed by atoms with Crippen LogP contribution >= 0.6 is 0 Å². The third kappa shape index (κ3) is 3.28. The van der Waals surface area contributed by atoms with Crippen LogP contribution in [0.3, 0.4) is 0 Å². The van der Waals surface area contributed by atoms with Crippen molar-refractivity contribution in [3.63, 3.8) is 0 Å². The number of hydrogen-bond acceptors (Lipinski definition) is 5. The number of benzene rings is 1. The minimum Gasteiger partial charge on any atom is -0.298 e. The van der Waals surface area contributed by atoms with Gasteiger partial charge in [0.25, 0.3) is 0 Å². The van der Waals surface area contributed by atoms with Gasteiger partial charge in [-0.05, 0) is 62.4 Å². The number of nitrogens with zero attached hydrogens (tertiary/aromatic N) is 3. The van der Waals surface area contributed by atoms with Crippen molar-refractivity contribution in [1.29, 1.82) is 0 Å². The van der Waals surface area contributed by atoms with Crippen LogP contribution in [0.1, 0.15) is 41.9 Å². The number of aromatic nitrogens is 2. The zero-order valence-corrected chi connectivity index (χ0v) is 16.2. The molecule has 0 bridgehead atoms. The Hall–Kier alpha value is -1.79. The molecule has 6 heteroatoms. The first-order valence-corrected chi connectivity index (χ1v) is 11.1. The number of piperidine rings is 1. The highest BCUT2D eigenvalue weighted by molar-refractivity contribution is 7.90. The molecule has 1 aromatic carbocycles. The smallest absolute Gasteiger partial charge is 0.175 e. The van der Waals surface area contributed by atoms with E-state index in [1.807, 2.05) is 25.3 Å². The molecule has 1 fully saturated rings. The summed E-state index contributed by atoms with van der Waals surface area (Å²) in [7, 11) is -3.14. The Morgan fingerprint density at radius 3 is 2.69 bits per heavy atom. The summed E-state index contributed by atoms with van der Waals surface area (Å²) >= 11 is 0. The summed E-state index contributed by atoms with van der Waals surface area (Å²) < 4.78 is 23.3. The van der Waals surface area contributed by atoms with Crippen molar-refractivity contribution in [3.05, 3.63) is 53.1 Å². The van der Waals surface area contributed by atoms with E-state index < -0.39 is 9.84 Å². The van der Waals surface area contributed by atoms with Gasteiger partial charge in [-0.1, -0.05) is 12.1 Å². The molecule has 0 radical (unpaired) electrons. The molecule has 0 saturated carbocycles. The lowest BCUT2D eigenvalue weighted by atomic mass is 9.77. The van der Waals surface area contributed by atoms with Crippen molar-refractivity contribution in [1.82, 2.24) is 14.9 Å². The molecule has 138 valence electrons. The predicted molar refractivity (Wildman–Crippen MR) is 101 cm³/mol. The van der Waals surface area contributed by atoms with Crippen molar-refractivity contribution in [2.45, 2.75) is 49.5 Å². The average Bonchev–Trinajstić information content (AvgIpc) is 2.92. The fourth-order valence-corrected chi connectivity index (χ4v) is 5.12. The maximum atomic E-state index is 11.6.